The van der Waals surface area contributed by atoms with Gasteiger partial charge < -0.3 is 35.0 Å². The van der Waals surface area contributed by atoms with Gasteiger partial charge in [0.25, 0.3) is 0 Å². The summed E-state index contributed by atoms with van der Waals surface area (Å²) in [5.74, 6) is -1.08. The van der Waals surface area contributed by atoms with Crippen molar-refractivity contribution in [3.8, 4) is 0 Å². The molecule has 0 bridgehead atoms. The Balaban J connectivity index is 2.97. The Labute approximate surface area is 222 Å². The minimum absolute atomic E-state index is 0.0244. The van der Waals surface area contributed by atoms with E-state index in [-0.39, 0.29) is 43.1 Å². The van der Waals surface area contributed by atoms with Gasteiger partial charge in [-0.05, 0) is 51.0 Å². The minimum atomic E-state index is -1.43. The van der Waals surface area contributed by atoms with E-state index in [9.17, 15) is 30.3 Å². The van der Waals surface area contributed by atoms with Crippen molar-refractivity contribution in [3.63, 3.8) is 0 Å². The summed E-state index contributed by atoms with van der Waals surface area (Å²) in [6, 6.07) is 0. The largest absolute Gasteiger partial charge is 0.457 e. The number of cyclic esters (lactones) is 1. The summed E-state index contributed by atoms with van der Waals surface area (Å²) in [5, 5.41) is 52.3. The molecule has 1 aliphatic heterocycles. The van der Waals surface area contributed by atoms with Gasteiger partial charge in [-0.1, -0.05) is 58.1 Å². The smallest absolute Gasteiger partial charge is 0.309 e. The highest BCUT2D eigenvalue weighted by molar-refractivity contribution is 5.70. The average molecular weight is 527 g/mol. The second-order valence-electron chi connectivity index (χ2n) is 11.0. The molecular formula is C29H50O8. The predicted octanol–water partition coefficient (Wildman–Crippen LogP) is 3.06. The van der Waals surface area contributed by atoms with E-state index in [1.165, 1.54) is 13.0 Å². The molecule has 8 heteroatoms. The topological polar surface area (TPSA) is 137 Å². The maximum absolute atomic E-state index is 12.5. The number of rotatable bonds is 10. The van der Waals surface area contributed by atoms with Gasteiger partial charge in [-0.25, -0.2) is 0 Å². The van der Waals surface area contributed by atoms with Crippen LogP contribution in [0.15, 0.2) is 36.0 Å². The molecule has 5 N–H and O–H groups in total. The molecule has 0 saturated carbocycles. The Morgan fingerprint density at radius 1 is 1.27 bits per heavy atom. The van der Waals surface area contributed by atoms with E-state index in [1.807, 2.05) is 34.6 Å². The number of aliphatic hydroxyl groups is 5. The van der Waals surface area contributed by atoms with Crippen molar-refractivity contribution >= 4 is 5.97 Å². The maximum atomic E-state index is 12.5. The second-order valence-corrected chi connectivity index (χ2v) is 11.0. The molecule has 0 amide bonds. The number of hydrogen-bond acceptors (Lipinski definition) is 8. The first kappa shape index (κ1) is 33.5. The summed E-state index contributed by atoms with van der Waals surface area (Å²) in [6.07, 6.45) is 5.31. The molecule has 0 aromatic rings. The van der Waals surface area contributed by atoms with Crippen molar-refractivity contribution < 1.29 is 39.8 Å². The van der Waals surface area contributed by atoms with Gasteiger partial charge in [-0.3, -0.25) is 4.79 Å². The van der Waals surface area contributed by atoms with Crippen LogP contribution in [-0.2, 0) is 14.3 Å². The highest BCUT2D eigenvalue weighted by atomic mass is 16.5. The molecule has 1 heterocycles. The molecule has 0 radical (unpaired) electrons. The third-order valence-corrected chi connectivity index (χ3v) is 7.46. The fraction of sp³-hybridized carbons (Fsp3) is 0.759. The van der Waals surface area contributed by atoms with E-state index < -0.39 is 42.1 Å². The van der Waals surface area contributed by atoms with Crippen molar-refractivity contribution in [2.24, 2.45) is 17.8 Å². The molecule has 8 nitrogen and oxygen atoms in total. The van der Waals surface area contributed by atoms with Crippen LogP contribution in [0, 0.1) is 17.8 Å². The first-order chi connectivity index (χ1) is 17.2. The average Bonchev–Trinajstić information content (AvgIpc) is 2.83. The van der Waals surface area contributed by atoms with Crippen LogP contribution >= 0.6 is 0 Å². The van der Waals surface area contributed by atoms with Gasteiger partial charge in [0, 0.05) is 18.9 Å². The van der Waals surface area contributed by atoms with Gasteiger partial charge in [0.1, 0.15) is 12.2 Å². The van der Waals surface area contributed by atoms with Gasteiger partial charge >= 0.3 is 5.97 Å². The molecule has 0 aromatic heterocycles. The van der Waals surface area contributed by atoms with Crippen LogP contribution in [0.3, 0.4) is 0 Å². The van der Waals surface area contributed by atoms with Gasteiger partial charge in [0.15, 0.2) is 0 Å². The first-order valence-corrected chi connectivity index (χ1v) is 13.4. The van der Waals surface area contributed by atoms with Crippen molar-refractivity contribution in [2.45, 2.75) is 116 Å². The second kappa shape index (κ2) is 15.8. The molecule has 10 atom stereocenters. The third kappa shape index (κ3) is 11.0. The molecule has 0 spiro atoms. The zero-order valence-corrected chi connectivity index (χ0v) is 23.6. The fourth-order valence-electron chi connectivity index (χ4n) is 4.71. The first-order valence-electron chi connectivity index (χ1n) is 13.4. The van der Waals surface area contributed by atoms with Crippen molar-refractivity contribution in [1.82, 2.24) is 0 Å². The van der Waals surface area contributed by atoms with Gasteiger partial charge in [0.2, 0.25) is 0 Å². The van der Waals surface area contributed by atoms with Crippen molar-refractivity contribution in [1.29, 1.82) is 0 Å². The quantitative estimate of drug-likeness (QED) is 0.166. The highest BCUT2D eigenvalue weighted by Crippen LogP contribution is 2.25. The van der Waals surface area contributed by atoms with Crippen LogP contribution in [0.4, 0.5) is 0 Å². The molecule has 0 saturated heterocycles. The van der Waals surface area contributed by atoms with E-state index in [4.69, 9.17) is 9.47 Å². The lowest BCUT2D eigenvalue weighted by molar-refractivity contribution is -0.151. The molecule has 0 aliphatic carbocycles. The summed E-state index contributed by atoms with van der Waals surface area (Å²) in [7, 11) is 1.65. The fourth-order valence-corrected chi connectivity index (χ4v) is 4.71. The third-order valence-electron chi connectivity index (χ3n) is 7.46. The molecule has 214 valence electrons. The summed E-state index contributed by atoms with van der Waals surface area (Å²) in [4.78, 5) is 12.5. The van der Waals surface area contributed by atoms with E-state index in [0.29, 0.717) is 6.42 Å². The molecule has 1 rings (SSSR count). The number of allylic oxidation sites excluding steroid dienone is 2. The van der Waals surface area contributed by atoms with Crippen LogP contribution in [0.2, 0.25) is 0 Å². The van der Waals surface area contributed by atoms with Crippen LogP contribution in [0.5, 0.6) is 0 Å². The number of carbonyl (C=O) groups excluding carboxylic acids is 1. The Morgan fingerprint density at radius 3 is 2.51 bits per heavy atom. The van der Waals surface area contributed by atoms with Crippen molar-refractivity contribution in [3.05, 3.63) is 36.0 Å². The van der Waals surface area contributed by atoms with E-state index in [0.717, 1.165) is 12.0 Å². The molecule has 37 heavy (non-hydrogen) atoms. The molecule has 0 fully saturated rings. The number of methoxy groups -OCH3 is 1. The Kier molecular flexibility index (Phi) is 14.3. The minimum Gasteiger partial charge on any atom is -0.457 e. The SMILES string of the molecule is CCC(OC)C(C)CC(O)C(O)C(C)/C=C/C=C(\C)C1OC(=O)CC(O)CCC(C)(O)C(O)/C=C/C1C. The normalized spacial score (nSPS) is 33.5. The summed E-state index contributed by atoms with van der Waals surface area (Å²) >= 11 is 0. The Bertz CT molecular complexity index is 770. The van der Waals surface area contributed by atoms with Crippen LogP contribution in [0.25, 0.3) is 0 Å². The predicted molar refractivity (Wildman–Crippen MR) is 144 cm³/mol. The van der Waals surface area contributed by atoms with E-state index >= 15 is 0 Å². The summed E-state index contributed by atoms with van der Waals surface area (Å²) in [5.41, 5.74) is -0.694. The highest BCUT2D eigenvalue weighted by Gasteiger charge is 2.32. The standard InChI is InChI=1S/C29H50O8/c1-8-24(36-7)21(5)16-23(31)27(34)18(2)10-9-11-19(3)28-20(4)12-13-25(32)29(6,35)15-14-22(30)17-26(33)37-28/h9-13,18,20-25,27-28,30-32,34-35H,8,14-17H2,1-7H3/b10-9+,13-12+,19-11+. The lowest BCUT2D eigenvalue weighted by Gasteiger charge is -2.30. The molecule has 10 unspecified atom stereocenters. The van der Waals surface area contributed by atoms with E-state index in [1.54, 1.807) is 31.4 Å². The molecule has 1 aliphatic rings. The number of hydrogen-bond donors (Lipinski definition) is 5. The van der Waals surface area contributed by atoms with Gasteiger partial charge in [-0.2, -0.15) is 0 Å². The zero-order chi connectivity index (χ0) is 28.3. The van der Waals surface area contributed by atoms with Crippen molar-refractivity contribution in [2.75, 3.05) is 7.11 Å². The maximum Gasteiger partial charge on any atom is 0.309 e. The summed E-state index contributed by atoms with van der Waals surface area (Å²) in [6.45, 7) is 11.0. The Morgan fingerprint density at radius 2 is 1.92 bits per heavy atom. The number of esters is 1. The van der Waals surface area contributed by atoms with Crippen LogP contribution in [-0.4, -0.2) is 80.8 Å². The molecular weight excluding hydrogens is 476 g/mol. The van der Waals surface area contributed by atoms with Gasteiger partial charge in [-0.15, -0.1) is 0 Å². The number of ether oxygens (including phenoxy) is 2. The molecule has 0 aromatic carbocycles. The van der Waals surface area contributed by atoms with Gasteiger partial charge in [0.05, 0.1) is 36.4 Å². The summed E-state index contributed by atoms with van der Waals surface area (Å²) < 4.78 is 11.1. The Hall–Kier alpha value is -1.55. The lowest BCUT2D eigenvalue weighted by atomic mass is 9.88. The zero-order valence-electron chi connectivity index (χ0n) is 23.6. The number of aliphatic hydroxyl groups excluding tert-OH is 4. The lowest BCUT2D eigenvalue weighted by Crippen LogP contribution is -2.39. The number of carbonyl (C=O) groups is 1. The van der Waals surface area contributed by atoms with Crippen LogP contribution in [0.1, 0.15) is 73.6 Å². The monoisotopic (exact) mass is 526 g/mol. The van der Waals surface area contributed by atoms with Crippen LogP contribution < -0.4 is 0 Å². The van der Waals surface area contributed by atoms with E-state index in [2.05, 4.69) is 0 Å².